The SMILES string of the molecule is CCCCC(CC)NCc1cc(C)c(F)c(C)c1. The van der Waals surface area contributed by atoms with Gasteiger partial charge in [-0.2, -0.15) is 0 Å². The molecule has 0 fully saturated rings. The summed E-state index contributed by atoms with van der Waals surface area (Å²) < 4.78 is 13.5. The molecule has 1 rings (SSSR count). The summed E-state index contributed by atoms with van der Waals surface area (Å²) in [6.07, 6.45) is 4.89. The van der Waals surface area contributed by atoms with Gasteiger partial charge < -0.3 is 5.32 Å². The Morgan fingerprint density at radius 3 is 2.28 bits per heavy atom. The molecule has 0 aliphatic carbocycles. The van der Waals surface area contributed by atoms with E-state index in [0.29, 0.717) is 6.04 Å². The van der Waals surface area contributed by atoms with E-state index in [1.54, 1.807) is 0 Å². The van der Waals surface area contributed by atoms with E-state index in [1.165, 1.54) is 24.8 Å². The normalized spacial score (nSPS) is 12.7. The highest BCUT2D eigenvalue weighted by Gasteiger charge is 2.07. The minimum atomic E-state index is -0.0724. The Balaban J connectivity index is 2.57. The van der Waals surface area contributed by atoms with Crippen LogP contribution in [-0.4, -0.2) is 6.04 Å². The van der Waals surface area contributed by atoms with Gasteiger partial charge in [-0.25, -0.2) is 4.39 Å². The van der Waals surface area contributed by atoms with Crippen LogP contribution in [0.15, 0.2) is 12.1 Å². The predicted molar refractivity (Wildman–Crippen MR) is 76.3 cm³/mol. The first-order valence-corrected chi connectivity index (χ1v) is 7.07. The number of unbranched alkanes of at least 4 members (excludes halogenated alkanes) is 1. The van der Waals surface area contributed by atoms with E-state index in [1.807, 2.05) is 26.0 Å². The van der Waals surface area contributed by atoms with Gasteiger partial charge in [0, 0.05) is 12.6 Å². The highest BCUT2D eigenvalue weighted by Crippen LogP contribution is 2.15. The van der Waals surface area contributed by atoms with Crippen molar-refractivity contribution >= 4 is 0 Å². The fourth-order valence-electron chi connectivity index (χ4n) is 2.30. The van der Waals surface area contributed by atoms with E-state index in [2.05, 4.69) is 19.2 Å². The van der Waals surface area contributed by atoms with Crippen LogP contribution in [0.25, 0.3) is 0 Å². The van der Waals surface area contributed by atoms with Crippen LogP contribution in [0.4, 0.5) is 4.39 Å². The minimum Gasteiger partial charge on any atom is -0.310 e. The average Bonchev–Trinajstić information content (AvgIpc) is 2.36. The summed E-state index contributed by atoms with van der Waals surface area (Å²) in [5.74, 6) is -0.0724. The third-order valence-electron chi connectivity index (χ3n) is 3.49. The Labute approximate surface area is 111 Å². The summed E-state index contributed by atoms with van der Waals surface area (Å²) >= 11 is 0. The molecule has 0 amide bonds. The molecule has 0 heterocycles. The standard InChI is InChI=1S/C16H26FN/c1-5-7-8-15(6-2)18-11-14-9-12(3)16(17)13(4)10-14/h9-10,15,18H,5-8,11H2,1-4H3. The molecule has 2 heteroatoms. The van der Waals surface area contributed by atoms with E-state index >= 15 is 0 Å². The van der Waals surface area contributed by atoms with Crippen LogP contribution in [0, 0.1) is 19.7 Å². The Bertz CT molecular complexity index is 350. The molecular formula is C16H26FN. The molecular weight excluding hydrogens is 225 g/mol. The quantitative estimate of drug-likeness (QED) is 0.752. The van der Waals surface area contributed by atoms with E-state index in [4.69, 9.17) is 0 Å². The lowest BCUT2D eigenvalue weighted by Crippen LogP contribution is -2.27. The van der Waals surface area contributed by atoms with Crippen LogP contribution in [-0.2, 0) is 6.54 Å². The molecule has 0 aromatic heterocycles. The van der Waals surface area contributed by atoms with E-state index in [9.17, 15) is 4.39 Å². The van der Waals surface area contributed by atoms with Crippen LogP contribution in [0.2, 0.25) is 0 Å². The van der Waals surface area contributed by atoms with Crippen molar-refractivity contribution in [1.82, 2.24) is 5.32 Å². The van der Waals surface area contributed by atoms with Crippen LogP contribution in [0.3, 0.4) is 0 Å². The van der Waals surface area contributed by atoms with E-state index < -0.39 is 0 Å². The lowest BCUT2D eigenvalue weighted by molar-refractivity contribution is 0.451. The number of hydrogen-bond donors (Lipinski definition) is 1. The summed E-state index contributed by atoms with van der Waals surface area (Å²) in [6.45, 7) is 8.94. The van der Waals surface area contributed by atoms with Crippen molar-refractivity contribution in [2.45, 2.75) is 66.0 Å². The smallest absolute Gasteiger partial charge is 0.129 e. The van der Waals surface area contributed by atoms with Gasteiger partial charge in [-0.05, 0) is 43.4 Å². The lowest BCUT2D eigenvalue weighted by Gasteiger charge is -2.17. The van der Waals surface area contributed by atoms with Crippen LogP contribution in [0.1, 0.15) is 56.2 Å². The van der Waals surface area contributed by atoms with Crippen molar-refractivity contribution in [3.05, 3.63) is 34.6 Å². The molecule has 0 saturated heterocycles. The number of nitrogens with one attached hydrogen (secondary N) is 1. The number of halogens is 1. The second-order valence-corrected chi connectivity index (χ2v) is 5.17. The minimum absolute atomic E-state index is 0.0724. The van der Waals surface area contributed by atoms with Crippen molar-refractivity contribution < 1.29 is 4.39 Å². The first-order chi connectivity index (χ1) is 8.58. The maximum absolute atomic E-state index is 13.5. The molecule has 1 N–H and O–H groups in total. The zero-order chi connectivity index (χ0) is 13.5. The van der Waals surface area contributed by atoms with Crippen LogP contribution >= 0.6 is 0 Å². The van der Waals surface area contributed by atoms with E-state index in [0.717, 1.165) is 24.1 Å². The first-order valence-electron chi connectivity index (χ1n) is 7.07. The van der Waals surface area contributed by atoms with Crippen molar-refractivity contribution in [1.29, 1.82) is 0 Å². The molecule has 1 atom stereocenters. The number of rotatable bonds is 7. The molecule has 1 nitrogen and oxygen atoms in total. The zero-order valence-electron chi connectivity index (χ0n) is 12.1. The third kappa shape index (κ3) is 4.41. The molecule has 0 bridgehead atoms. The first kappa shape index (κ1) is 15.2. The van der Waals surface area contributed by atoms with Crippen molar-refractivity contribution in [2.24, 2.45) is 0 Å². The van der Waals surface area contributed by atoms with Crippen LogP contribution in [0.5, 0.6) is 0 Å². The van der Waals surface area contributed by atoms with E-state index in [-0.39, 0.29) is 5.82 Å². The molecule has 1 unspecified atom stereocenters. The third-order valence-corrected chi connectivity index (χ3v) is 3.49. The molecule has 0 radical (unpaired) electrons. The number of aryl methyl sites for hydroxylation is 2. The number of hydrogen-bond acceptors (Lipinski definition) is 1. The van der Waals surface area contributed by atoms with Crippen molar-refractivity contribution in [3.8, 4) is 0 Å². The Kier molecular flexibility index (Phi) is 6.34. The molecule has 0 aliphatic rings. The van der Waals surface area contributed by atoms with Gasteiger partial charge in [0.15, 0.2) is 0 Å². The molecule has 1 aromatic rings. The van der Waals surface area contributed by atoms with Gasteiger partial charge in [0.25, 0.3) is 0 Å². The Morgan fingerprint density at radius 1 is 1.17 bits per heavy atom. The van der Waals surface area contributed by atoms with Gasteiger partial charge in [-0.1, -0.05) is 38.8 Å². The van der Waals surface area contributed by atoms with Crippen molar-refractivity contribution in [3.63, 3.8) is 0 Å². The second-order valence-electron chi connectivity index (χ2n) is 5.17. The molecule has 102 valence electrons. The molecule has 0 spiro atoms. The van der Waals surface area contributed by atoms with Gasteiger partial charge in [-0.3, -0.25) is 0 Å². The summed E-state index contributed by atoms with van der Waals surface area (Å²) in [5.41, 5.74) is 2.67. The Hall–Kier alpha value is -0.890. The van der Waals surface area contributed by atoms with Crippen LogP contribution < -0.4 is 5.32 Å². The Morgan fingerprint density at radius 2 is 1.78 bits per heavy atom. The molecule has 1 aromatic carbocycles. The van der Waals surface area contributed by atoms with Crippen molar-refractivity contribution in [2.75, 3.05) is 0 Å². The summed E-state index contributed by atoms with van der Waals surface area (Å²) in [4.78, 5) is 0. The average molecular weight is 251 g/mol. The number of benzene rings is 1. The second kappa shape index (κ2) is 7.52. The molecule has 18 heavy (non-hydrogen) atoms. The fraction of sp³-hybridized carbons (Fsp3) is 0.625. The van der Waals surface area contributed by atoms with Gasteiger partial charge in [0.05, 0.1) is 0 Å². The highest BCUT2D eigenvalue weighted by atomic mass is 19.1. The highest BCUT2D eigenvalue weighted by molar-refractivity contribution is 5.30. The molecule has 0 aliphatic heterocycles. The molecule has 0 saturated carbocycles. The monoisotopic (exact) mass is 251 g/mol. The maximum atomic E-state index is 13.5. The topological polar surface area (TPSA) is 12.0 Å². The van der Waals surface area contributed by atoms with Gasteiger partial charge in [-0.15, -0.1) is 0 Å². The summed E-state index contributed by atoms with van der Waals surface area (Å²) in [5, 5.41) is 3.57. The largest absolute Gasteiger partial charge is 0.310 e. The zero-order valence-corrected chi connectivity index (χ0v) is 12.1. The summed E-state index contributed by atoms with van der Waals surface area (Å²) in [7, 11) is 0. The van der Waals surface area contributed by atoms with Gasteiger partial charge >= 0.3 is 0 Å². The maximum Gasteiger partial charge on any atom is 0.129 e. The van der Waals surface area contributed by atoms with Gasteiger partial charge in [0.1, 0.15) is 5.82 Å². The predicted octanol–water partition coefficient (Wildman–Crippen LogP) is 4.50. The summed E-state index contributed by atoms with van der Waals surface area (Å²) in [6, 6.07) is 4.47. The fourth-order valence-corrected chi connectivity index (χ4v) is 2.30. The lowest BCUT2D eigenvalue weighted by atomic mass is 10.0. The van der Waals surface area contributed by atoms with Gasteiger partial charge in [0.2, 0.25) is 0 Å².